The number of fused-ring (bicyclic) bond motifs is 1. The van der Waals surface area contributed by atoms with E-state index < -0.39 is 0 Å². The van der Waals surface area contributed by atoms with Gasteiger partial charge >= 0.3 is 5.97 Å². The summed E-state index contributed by atoms with van der Waals surface area (Å²) in [5, 5.41) is 3.69. The summed E-state index contributed by atoms with van der Waals surface area (Å²) in [6, 6.07) is 0. The van der Waals surface area contributed by atoms with Crippen molar-refractivity contribution in [2.75, 3.05) is 7.11 Å². The number of carbonyl (C=O) groups is 1. The van der Waals surface area contributed by atoms with Crippen LogP contribution in [0.3, 0.4) is 0 Å². The van der Waals surface area contributed by atoms with Crippen LogP contribution in [0.15, 0.2) is 10.7 Å². The number of methoxy groups -OCH3 is 1. The van der Waals surface area contributed by atoms with E-state index in [0.29, 0.717) is 5.76 Å². The molecule has 1 aromatic heterocycles. The van der Waals surface area contributed by atoms with Crippen LogP contribution in [0.5, 0.6) is 0 Å². The molecule has 0 amide bonds. The summed E-state index contributed by atoms with van der Waals surface area (Å²) >= 11 is 0. The van der Waals surface area contributed by atoms with Gasteiger partial charge in [-0.15, -0.1) is 0 Å². The molecule has 0 saturated carbocycles. The van der Waals surface area contributed by atoms with E-state index >= 15 is 0 Å². The summed E-state index contributed by atoms with van der Waals surface area (Å²) in [5.41, 5.74) is 1.04. The number of esters is 1. The summed E-state index contributed by atoms with van der Waals surface area (Å²) in [6.07, 6.45) is 4.43. The fraction of sp³-hybridized carbons (Fsp3) is 0.556. The third-order valence-electron chi connectivity index (χ3n) is 2.42. The van der Waals surface area contributed by atoms with Gasteiger partial charge in [0.2, 0.25) is 0 Å². The maximum absolute atomic E-state index is 11.3. The number of aromatic nitrogens is 1. The second-order valence-corrected chi connectivity index (χ2v) is 3.18. The van der Waals surface area contributed by atoms with Crippen molar-refractivity contribution in [3.05, 3.63) is 17.5 Å². The average Bonchev–Trinajstić information content (AvgIpc) is 2.63. The normalized spacial score (nSPS) is 20.8. The van der Waals surface area contributed by atoms with Crippen molar-refractivity contribution in [1.29, 1.82) is 0 Å². The highest BCUT2D eigenvalue weighted by atomic mass is 16.5. The van der Waals surface area contributed by atoms with Gasteiger partial charge in [-0.05, 0) is 19.3 Å². The molecule has 0 spiro atoms. The molecule has 0 radical (unpaired) electrons. The molecule has 13 heavy (non-hydrogen) atoms. The molecule has 1 heterocycles. The number of aryl methyl sites for hydroxylation is 1. The number of carbonyl (C=O) groups excluding carboxylic acids is 1. The van der Waals surface area contributed by atoms with Gasteiger partial charge in [-0.25, -0.2) is 0 Å². The van der Waals surface area contributed by atoms with Crippen LogP contribution in [0.4, 0.5) is 0 Å². The fourth-order valence-electron chi connectivity index (χ4n) is 1.74. The molecule has 0 saturated heterocycles. The molecule has 1 aromatic rings. The second kappa shape index (κ2) is 3.20. The molecule has 1 aliphatic rings. The number of ether oxygens (including phenoxy) is 1. The largest absolute Gasteiger partial charge is 0.468 e. The molecule has 0 aliphatic heterocycles. The predicted octanol–water partition coefficient (Wildman–Crippen LogP) is 1.27. The van der Waals surface area contributed by atoms with Crippen LogP contribution in [-0.2, 0) is 16.0 Å². The molecule has 1 atom stereocenters. The molecule has 4 nitrogen and oxygen atoms in total. The van der Waals surface area contributed by atoms with Crippen molar-refractivity contribution < 1.29 is 14.1 Å². The van der Waals surface area contributed by atoms with Crippen LogP contribution in [0, 0.1) is 0 Å². The molecule has 1 aliphatic carbocycles. The van der Waals surface area contributed by atoms with Gasteiger partial charge in [0.25, 0.3) is 0 Å². The monoisotopic (exact) mass is 181 g/mol. The van der Waals surface area contributed by atoms with E-state index in [9.17, 15) is 4.79 Å². The zero-order valence-corrected chi connectivity index (χ0v) is 7.45. The number of hydrogen-bond acceptors (Lipinski definition) is 4. The van der Waals surface area contributed by atoms with E-state index in [2.05, 4.69) is 9.89 Å². The van der Waals surface area contributed by atoms with Crippen molar-refractivity contribution in [3.63, 3.8) is 0 Å². The third kappa shape index (κ3) is 1.32. The zero-order chi connectivity index (χ0) is 9.26. The lowest BCUT2D eigenvalue weighted by atomic mass is 9.89. The molecule has 0 fully saturated rings. The Bertz CT molecular complexity index is 318. The molecule has 2 rings (SSSR count). The Morgan fingerprint density at radius 2 is 2.62 bits per heavy atom. The first kappa shape index (κ1) is 8.29. The van der Waals surface area contributed by atoms with Gasteiger partial charge in [0.05, 0.1) is 13.3 Å². The molecule has 4 heteroatoms. The Balaban J connectivity index is 2.30. The number of nitrogens with zero attached hydrogens (tertiary/aromatic N) is 1. The summed E-state index contributed by atoms with van der Waals surface area (Å²) in [5.74, 6) is 0.229. The van der Waals surface area contributed by atoms with Crippen molar-refractivity contribution in [3.8, 4) is 0 Å². The molecule has 1 unspecified atom stereocenters. The molecular formula is C9H11NO3. The van der Waals surface area contributed by atoms with E-state index in [4.69, 9.17) is 4.52 Å². The molecule has 0 bridgehead atoms. The minimum Gasteiger partial charge on any atom is -0.468 e. The van der Waals surface area contributed by atoms with Gasteiger partial charge in [0.1, 0.15) is 5.92 Å². The van der Waals surface area contributed by atoms with Gasteiger partial charge in [0.15, 0.2) is 5.76 Å². The van der Waals surface area contributed by atoms with Crippen LogP contribution < -0.4 is 0 Å². The highest BCUT2D eigenvalue weighted by Gasteiger charge is 2.30. The van der Waals surface area contributed by atoms with Gasteiger partial charge in [-0.2, -0.15) is 0 Å². The van der Waals surface area contributed by atoms with E-state index in [1.807, 2.05) is 0 Å². The van der Waals surface area contributed by atoms with Crippen molar-refractivity contribution in [2.24, 2.45) is 0 Å². The molecule has 0 aromatic carbocycles. The Kier molecular flexibility index (Phi) is 2.04. The molecular weight excluding hydrogens is 170 g/mol. The van der Waals surface area contributed by atoms with E-state index in [1.54, 1.807) is 6.20 Å². The lowest BCUT2D eigenvalue weighted by molar-refractivity contribution is -0.143. The number of rotatable bonds is 1. The first-order valence-corrected chi connectivity index (χ1v) is 4.34. The maximum atomic E-state index is 11.3. The minimum atomic E-state index is -0.240. The van der Waals surface area contributed by atoms with Gasteiger partial charge in [-0.3, -0.25) is 4.79 Å². The highest BCUT2D eigenvalue weighted by Crippen LogP contribution is 2.31. The molecule has 70 valence electrons. The van der Waals surface area contributed by atoms with Gasteiger partial charge in [-0.1, -0.05) is 5.16 Å². The first-order chi connectivity index (χ1) is 6.33. The van der Waals surface area contributed by atoms with Gasteiger partial charge in [0, 0.05) is 5.56 Å². The van der Waals surface area contributed by atoms with Crippen LogP contribution >= 0.6 is 0 Å². The lowest BCUT2D eigenvalue weighted by Gasteiger charge is -2.16. The minimum absolute atomic E-state index is 0.224. The standard InChI is InChI=1S/C9H11NO3/c1-12-9(11)7-4-2-3-6-5-10-13-8(6)7/h5,7H,2-4H2,1H3. The highest BCUT2D eigenvalue weighted by molar-refractivity contribution is 5.77. The Morgan fingerprint density at radius 1 is 1.77 bits per heavy atom. The smallest absolute Gasteiger partial charge is 0.316 e. The van der Waals surface area contributed by atoms with E-state index in [1.165, 1.54) is 7.11 Å². The third-order valence-corrected chi connectivity index (χ3v) is 2.42. The Morgan fingerprint density at radius 3 is 3.38 bits per heavy atom. The van der Waals surface area contributed by atoms with E-state index in [0.717, 1.165) is 24.8 Å². The summed E-state index contributed by atoms with van der Waals surface area (Å²) in [6.45, 7) is 0. The summed E-state index contributed by atoms with van der Waals surface area (Å²) < 4.78 is 9.73. The lowest BCUT2D eigenvalue weighted by Crippen LogP contribution is -2.18. The summed E-state index contributed by atoms with van der Waals surface area (Å²) in [4.78, 5) is 11.3. The molecule has 0 N–H and O–H groups in total. The maximum Gasteiger partial charge on any atom is 0.316 e. The topological polar surface area (TPSA) is 52.3 Å². The zero-order valence-electron chi connectivity index (χ0n) is 7.45. The average molecular weight is 181 g/mol. The SMILES string of the molecule is COC(=O)C1CCCc2cnoc21. The fourth-order valence-corrected chi connectivity index (χ4v) is 1.74. The Labute approximate surface area is 75.9 Å². The first-order valence-electron chi connectivity index (χ1n) is 4.34. The quantitative estimate of drug-likeness (QED) is 0.612. The van der Waals surface area contributed by atoms with E-state index in [-0.39, 0.29) is 11.9 Å². The van der Waals surface area contributed by atoms with Crippen LogP contribution in [0.1, 0.15) is 30.1 Å². The number of hydrogen-bond donors (Lipinski definition) is 0. The van der Waals surface area contributed by atoms with Gasteiger partial charge < -0.3 is 9.26 Å². The van der Waals surface area contributed by atoms with Crippen LogP contribution in [0.2, 0.25) is 0 Å². The second-order valence-electron chi connectivity index (χ2n) is 3.18. The van der Waals surface area contributed by atoms with Crippen molar-refractivity contribution in [1.82, 2.24) is 5.16 Å². The van der Waals surface area contributed by atoms with Crippen molar-refractivity contribution in [2.45, 2.75) is 25.2 Å². The van der Waals surface area contributed by atoms with Crippen LogP contribution in [0.25, 0.3) is 0 Å². The summed E-state index contributed by atoms with van der Waals surface area (Å²) in [7, 11) is 1.40. The predicted molar refractivity (Wildman–Crippen MR) is 44.2 cm³/mol. The van der Waals surface area contributed by atoms with Crippen molar-refractivity contribution >= 4 is 5.97 Å². The van der Waals surface area contributed by atoms with Crippen LogP contribution in [-0.4, -0.2) is 18.2 Å². The Hall–Kier alpha value is -1.32.